The molecule has 0 aliphatic heterocycles. The van der Waals surface area contributed by atoms with Crippen molar-refractivity contribution in [2.24, 2.45) is 0 Å². The van der Waals surface area contributed by atoms with Crippen molar-refractivity contribution in [3.05, 3.63) is 0 Å². The summed E-state index contributed by atoms with van der Waals surface area (Å²) in [6, 6.07) is 0. The Bertz CT molecular complexity index is 164. The maximum absolute atomic E-state index is 9.87. The highest BCUT2D eigenvalue weighted by atomic mass is 16.4. The summed E-state index contributed by atoms with van der Waals surface area (Å²) in [5, 5.41) is 24.7. The molecular weight excluding hydrogens is 224 g/mol. The molecule has 5 nitrogen and oxygen atoms in total. The molecule has 0 amide bonds. The van der Waals surface area contributed by atoms with Crippen LogP contribution in [0.25, 0.3) is 0 Å². The number of rotatable bonds is 10. The van der Waals surface area contributed by atoms with Crippen LogP contribution in [0.5, 0.6) is 0 Å². The monoisotopic (exact) mass is 248 g/mol. The van der Waals surface area contributed by atoms with E-state index < -0.39 is 5.97 Å². The van der Waals surface area contributed by atoms with Gasteiger partial charge in [0, 0.05) is 26.1 Å². The molecule has 102 valence electrons. The Morgan fingerprint density at radius 1 is 0.882 bits per heavy atom. The van der Waals surface area contributed by atoms with Crippen molar-refractivity contribution in [3.8, 4) is 0 Å². The normalized spacial score (nSPS) is 9.29. The molecule has 0 rings (SSSR count). The first-order valence-electron chi connectivity index (χ1n) is 6.06. The van der Waals surface area contributed by atoms with E-state index in [-0.39, 0.29) is 19.6 Å². The smallest absolute Gasteiger partial charge is 0.303 e. The van der Waals surface area contributed by atoms with E-state index in [0.29, 0.717) is 19.3 Å². The van der Waals surface area contributed by atoms with E-state index in [1.165, 1.54) is 0 Å². The number of carbonyl (C=O) groups is 2. The first-order chi connectivity index (χ1) is 8.18. The number of aliphatic hydroxyl groups excluding tert-OH is 2. The average Bonchev–Trinajstić information content (AvgIpc) is 2.31. The second-order valence-electron chi connectivity index (χ2n) is 3.67. The van der Waals surface area contributed by atoms with E-state index in [9.17, 15) is 9.59 Å². The molecule has 0 radical (unpaired) electrons. The van der Waals surface area contributed by atoms with Gasteiger partial charge in [-0.1, -0.05) is 12.8 Å². The number of carbonyl (C=O) groups excluding carboxylic acids is 1. The Kier molecular flexibility index (Phi) is 18.9. The minimum Gasteiger partial charge on any atom is -0.481 e. The summed E-state index contributed by atoms with van der Waals surface area (Å²) in [4.78, 5) is 19.6. The van der Waals surface area contributed by atoms with Gasteiger partial charge in [0.2, 0.25) is 0 Å². The molecule has 0 spiro atoms. The molecular formula is C12H24O5. The van der Waals surface area contributed by atoms with Gasteiger partial charge in [0.05, 0.1) is 0 Å². The van der Waals surface area contributed by atoms with Gasteiger partial charge < -0.3 is 20.1 Å². The third-order valence-corrected chi connectivity index (χ3v) is 2.03. The summed E-state index contributed by atoms with van der Waals surface area (Å²) in [6.45, 7) is 0.566. The van der Waals surface area contributed by atoms with Gasteiger partial charge in [-0.2, -0.15) is 0 Å². The minimum absolute atomic E-state index is 0.174. The molecule has 0 aliphatic rings. The third-order valence-electron chi connectivity index (χ3n) is 2.03. The van der Waals surface area contributed by atoms with E-state index in [0.717, 1.165) is 32.0 Å². The summed E-state index contributed by atoms with van der Waals surface area (Å²) in [7, 11) is 0. The van der Waals surface area contributed by atoms with Crippen LogP contribution in [0, 0.1) is 0 Å². The summed E-state index contributed by atoms with van der Waals surface area (Å²) in [6.07, 6.45) is 6.58. The first kappa shape index (κ1) is 18.4. The van der Waals surface area contributed by atoms with Crippen LogP contribution in [-0.4, -0.2) is 40.8 Å². The predicted octanol–water partition coefficient (Wildman–Crippen LogP) is 1.36. The number of aliphatic carboxylic acids is 1. The fraction of sp³-hybridized carbons (Fsp3) is 0.833. The lowest BCUT2D eigenvalue weighted by Gasteiger charge is -1.93. The Morgan fingerprint density at radius 2 is 1.41 bits per heavy atom. The van der Waals surface area contributed by atoms with Crippen molar-refractivity contribution in [2.75, 3.05) is 13.2 Å². The van der Waals surface area contributed by atoms with Gasteiger partial charge in [-0.25, -0.2) is 0 Å². The van der Waals surface area contributed by atoms with Crippen LogP contribution >= 0.6 is 0 Å². The first-order valence-corrected chi connectivity index (χ1v) is 6.06. The Hall–Kier alpha value is -0.940. The summed E-state index contributed by atoms with van der Waals surface area (Å²) in [5.41, 5.74) is 0. The summed E-state index contributed by atoms with van der Waals surface area (Å²) >= 11 is 0. The lowest BCUT2D eigenvalue weighted by Crippen LogP contribution is -1.93. The Balaban J connectivity index is 0. The van der Waals surface area contributed by atoms with Gasteiger partial charge in [0.15, 0.2) is 0 Å². The van der Waals surface area contributed by atoms with Gasteiger partial charge in [-0.05, 0) is 25.7 Å². The second-order valence-corrected chi connectivity index (χ2v) is 3.67. The Morgan fingerprint density at radius 3 is 1.76 bits per heavy atom. The molecule has 0 aromatic rings. The highest BCUT2D eigenvalue weighted by molar-refractivity contribution is 5.66. The number of carboxylic acid groups (broad SMARTS) is 1. The highest BCUT2D eigenvalue weighted by Gasteiger charge is 1.94. The fourth-order valence-corrected chi connectivity index (χ4v) is 1.08. The van der Waals surface area contributed by atoms with E-state index in [4.69, 9.17) is 15.3 Å². The van der Waals surface area contributed by atoms with Crippen molar-refractivity contribution < 1.29 is 24.9 Å². The number of unbranched alkanes of at least 4 members (excludes halogenated alkanes) is 5. The second kappa shape index (κ2) is 17.5. The van der Waals surface area contributed by atoms with Crippen molar-refractivity contribution in [3.63, 3.8) is 0 Å². The fourth-order valence-electron chi connectivity index (χ4n) is 1.08. The molecule has 0 saturated carbocycles. The average molecular weight is 248 g/mol. The maximum atomic E-state index is 9.87. The van der Waals surface area contributed by atoms with E-state index in [2.05, 4.69) is 0 Å². The van der Waals surface area contributed by atoms with Gasteiger partial charge in [0.25, 0.3) is 0 Å². The molecule has 0 aliphatic carbocycles. The molecule has 0 bridgehead atoms. The van der Waals surface area contributed by atoms with Crippen LogP contribution in [0.1, 0.15) is 51.4 Å². The van der Waals surface area contributed by atoms with Crippen LogP contribution in [0.15, 0.2) is 0 Å². The van der Waals surface area contributed by atoms with E-state index in [1.54, 1.807) is 0 Å². The lowest BCUT2D eigenvalue weighted by molar-refractivity contribution is -0.137. The van der Waals surface area contributed by atoms with Crippen molar-refractivity contribution in [2.45, 2.75) is 51.4 Å². The molecule has 0 atom stereocenters. The maximum Gasteiger partial charge on any atom is 0.303 e. The van der Waals surface area contributed by atoms with Crippen molar-refractivity contribution >= 4 is 12.3 Å². The van der Waals surface area contributed by atoms with Crippen molar-refractivity contribution in [1.29, 1.82) is 0 Å². The molecule has 0 saturated heterocycles. The number of carboxylic acids is 1. The number of hydrogen-bond acceptors (Lipinski definition) is 4. The standard InChI is InChI=1S/C6H10O3.C6H14O2/c7-5-3-1-2-4-6(8)9;7-5-3-1-2-4-6-8/h5H,1-4H2,(H,8,9);7-8H,1-6H2. The molecule has 0 aromatic heterocycles. The highest BCUT2D eigenvalue weighted by Crippen LogP contribution is 1.97. The molecule has 0 fully saturated rings. The van der Waals surface area contributed by atoms with Gasteiger partial charge in [0.1, 0.15) is 6.29 Å². The molecule has 0 aromatic carbocycles. The van der Waals surface area contributed by atoms with Gasteiger partial charge >= 0.3 is 5.97 Å². The quantitative estimate of drug-likeness (QED) is 0.401. The molecule has 0 unspecified atom stereocenters. The molecule has 5 heteroatoms. The third kappa shape index (κ3) is 25.4. The topological polar surface area (TPSA) is 94.8 Å². The zero-order chi connectivity index (χ0) is 13.4. The predicted molar refractivity (Wildman–Crippen MR) is 64.8 cm³/mol. The molecule has 17 heavy (non-hydrogen) atoms. The SMILES string of the molecule is O=CCCCCC(=O)O.OCCCCCCO. The minimum atomic E-state index is -0.791. The van der Waals surface area contributed by atoms with Crippen molar-refractivity contribution in [1.82, 2.24) is 0 Å². The van der Waals surface area contributed by atoms with Crippen LogP contribution < -0.4 is 0 Å². The van der Waals surface area contributed by atoms with Gasteiger partial charge in [-0.15, -0.1) is 0 Å². The zero-order valence-electron chi connectivity index (χ0n) is 10.3. The van der Waals surface area contributed by atoms with Crippen LogP contribution in [0.3, 0.4) is 0 Å². The number of aliphatic hydroxyl groups is 2. The molecule has 3 N–H and O–H groups in total. The van der Waals surface area contributed by atoms with Gasteiger partial charge in [-0.3, -0.25) is 4.79 Å². The van der Waals surface area contributed by atoms with E-state index in [1.807, 2.05) is 0 Å². The Labute approximate surface area is 102 Å². The largest absolute Gasteiger partial charge is 0.481 e. The zero-order valence-corrected chi connectivity index (χ0v) is 10.3. The molecule has 0 heterocycles. The lowest BCUT2D eigenvalue weighted by atomic mass is 10.2. The number of hydrogen-bond donors (Lipinski definition) is 3. The van der Waals surface area contributed by atoms with E-state index >= 15 is 0 Å². The van der Waals surface area contributed by atoms with Crippen LogP contribution in [0.2, 0.25) is 0 Å². The summed E-state index contributed by atoms with van der Waals surface area (Å²) < 4.78 is 0. The number of aldehydes is 1. The van der Waals surface area contributed by atoms with Crippen LogP contribution in [0.4, 0.5) is 0 Å². The van der Waals surface area contributed by atoms with Crippen LogP contribution in [-0.2, 0) is 9.59 Å². The summed E-state index contributed by atoms with van der Waals surface area (Å²) in [5.74, 6) is -0.791.